The Morgan fingerprint density at radius 1 is 1.03 bits per heavy atom. The van der Waals surface area contributed by atoms with E-state index in [1.165, 1.54) is 23.9 Å². The third kappa shape index (κ3) is 4.02. The van der Waals surface area contributed by atoms with Gasteiger partial charge in [-0.1, -0.05) is 30.3 Å². The lowest BCUT2D eigenvalue weighted by Gasteiger charge is -2.22. The lowest BCUT2D eigenvalue weighted by molar-refractivity contribution is 0.0853. The predicted molar refractivity (Wildman–Crippen MR) is 112 cm³/mol. The highest BCUT2D eigenvalue weighted by molar-refractivity contribution is 6.14. The molecule has 1 saturated heterocycles. The van der Waals surface area contributed by atoms with Gasteiger partial charge in [0.1, 0.15) is 17.3 Å². The molecule has 154 valence electrons. The van der Waals surface area contributed by atoms with E-state index in [9.17, 15) is 13.6 Å². The number of anilines is 2. The summed E-state index contributed by atoms with van der Waals surface area (Å²) in [4.78, 5) is 15.0. The third-order valence-corrected chi connectivity index (χ3v) is 5.33. The first kappa shape index (κ1) is 20.0. The molecule has 1 aromatic heterocycles. The van der Waals surface area contributed by atoms with Gasteiger partial charge in [-0.15, -0.1) is 0 Å². The summed E-state index contributed by atoms with van der Waals surface area (Å²) in [7, 11) is 0. The molecule has 5 nitrogen and oxygen atoms in total. The van der Waals surface area contributed by atoms with E-state index in [0.29, 0.717) is 11.5 Å². The molecule has 3 aromatic rings. The summed E-state index contributed by atoms with van der Waals surface area (Å²) in [5.41, 5.74) is 0.959. The monoisotopic (exact) mass is 409 g/mol. The first-order valence-corrected chi connectivity index (χ1v) is 9.74. The second-order valence-corrected chi connectivity index (χ2v) is 7.20. The van der Waals surface area contributed by atoms with Crippen molar-refractivity contribution in [1.29, 1.82) is 5.41 Å². The average molecular weight is 409 g/mol. The van der Waals surface area contributed by atoms with Crippen LogP contribution in [0.3, 0.4) is 0 Å². The minimum Gasteiger partial charge on any atom is -0.381 e. The van der Waals surface area contributed by atoms with Gasteiger partial charge in [0.15, 0.2) is 0 Å². The minimum atomic E-state index is -0.784. The van der Waals surface area contributed by atoms with Crippen molar-refractivity contribution in [2.24, 2.45) is 0 Å². The summed E-state index contributed by atoms with van der Waals surface area (Å²) in [6.07, 6.45) is 3.28. The maximum atomic E-state index is 14.1. The lowest BCUT2D eigenvalue weighted by atomic mass is 9.90. The molecule has 0 saturated carbocycles. The normalized spacial score (nSPS) is 14.5. The van der Waals surface area contributed by atoms with E-state index < -0.39 is 17.2 Å². The van der Waals surface area contributed by atoms with E-state index in [4.69, 9.17) is 10.1 Å². The second-order valence-electron chi connectivity index (χ2n) is 7.20. The summed E-state index contributed by atoms with van der Waals surface area (Å²) in [6, 6.07) is 12.5. The lowest BCUT2D eigenvalue weighted by Crippen LogP contribution is -2.20. The number of para-hydroxylation sites is 1. The topological polar surface area (TPSA) is 78.0 Å². The Labute approximate surface area is 172 Å². The zero-order chi connectivity index (χ0) is 21.1. The molecule has 7 heteroatoms. The molecule has 1 fully saturated rings. The van der Waals surface area contributed by atoms with Crippen LogP contribution in [-0.2, 0) is 4.74 Å². The van der Waals surface area contributed by atoms with E-state index in [0.717, 1.165) is 38.2 Å². The molecule has 0 atom stereocenters. The zero-order valence-corrected chi connectivity index (χ0v) is 16.2. The predicted octanol–water partition coefficient (Wildman–Crippen LogP) is 4.71. The van der Waals surface area contributed by atoms with Crippen molar-refractivity contribution in [3.8, 4) is 0 Å². The van der Waals surface area contributed by atoms with E-state index in [-0.39, 0.29) is 22.6 Å². The Morgan fingerprint density at radius 3 is 2.37 bits per heavy atom. The maximum absolute atomic E-state index is 14.1. The molecule has 0 amide bonds. The van der Waals surface area contributed by atoms with Crippen LogP contribution in [0.5, 0.6) is 0 Å². The summed E-state index contributed by atoms with van der Waals surface area (Å²) in [6.45, 7) is 1.48. The van der Waals surface area contributed by atoms with Crippen LogP contribution in [0.2, 0.25) is 0 Å². The summed E-state index contributed by atoms with van der Waals surface area (Å²) in [5.74, 6) is -1.15. The molecule has 30 heavy (non-hydrogen) atoms. The highest BCUT2D eigenvalue weighted by atomic mass is 19.1. The Bertz CT molecular complexity index is 1100. The molecule has 2 aromatic carbocycles. The molecule has 4 rings (SSSR count). The van der Waals surface area contributed by atoms with Crippen LogP contribution in [0.15, 0.2) is 59.5 Å². The number of benzene rings is 2. The van der Waals surface area contributed by atoms with Gasteiger partial charge < -0.3 is 15.0 Å². The van der Waals surface area contributed by atoms with Crippen molar-refractivity contribution >= 4 is 17.1 Å². The summed E-state index contributed by atoms with van der Waals surface area (Å²) < 4.78 is 33.5. The minimum absolute atomic E-state index is 0.0129. The standard InChI is InChI=1S/C23H21F2N3O2/c24-17-2-1-3-18(25)22(17)28-19-8-11-27-23(29)20(19)21(26)16-6-4-14(5-7-16)15-9-12-30-13-10-15/h1-8,11,15,26H,9-10,12-13H2,(H2,27,28,29). The van der Waals surface area contributed by atoms with Gasteiger partial charge >= 0.3 is 0 Å². The Hall–Kier alpha value is -3.32. The fourth-order valence-corrected chi connectivity index (χ4v) is 3.68. The van der Waals surface area contributed by atoms with E-state index in [1.54, 1.807) is 12.1 Å². The number of aromatic nitrogens is 1. The van der Waals surface area contributed by atoms with Gasteiger partial charge in [-0.25, -0.2) is 8.78 Å². The molecular formula is C23H21F2N3O2. The summed E-state index contributed by atoms with van der Waals surface area (Å²) in [5, 5.41) is 11.2. The quantitative estimate of drug-likeness (QED) is 0.534. The number of halogens is 2. The SMILES string of the molecule is N=C(c1ccc(C2CCOCC2)cc1)c1c(Nc2c(F)cccc2F)cc[nH]c1=O. The molecule has 1 aliphatic heterocycles. The number of hydrogen-bond donors (Lipinski definition) is 3. The number of aromatic amines is 1. The number of H-pyrrole nitrogens is 1. The van der Waals surface area contributed by atoms with Gasteiger partial charge in [-0.05, 0) is 42.5 Å². The molecule has 3 N–H and O–H groups in total. The van der Waals surface area contributed by atoms with Gasteiger partial charge in [-0.3, -0.25) is 10.2 Å². The molecule has 0 radical (unpaired) electrons. The van der Waals surface area contributed by atoms with E-state index in [1.807, 2.05) is 12.1 Å². The van der Waals surface area contributed by atoms with Crippen molar-refractivity contribution in [3.63, 3.8) is 0 Å². The van der Waals surface area contributed by atoms with Gasteiger partial charge in [-0.2, -0.15) is 0 Å². The van der Waals surface area contributed by atoms with Crippen molar-refractivity contribution < 1.29 is 13.5 Å². The largest absolute Gasteiger partial charge is 0.381 e. The number of nitrogens with one attached hydrogen (secondary N) is 3. The van der Waals surface area contributed by atoms with Crippen LogP contribution in [0.4, 0.5) is 20.2 Å². The average Bonchev–Trinajstić information content (AvgIpc) is 2.77. The van der Waals surface area contributed by atoms with Crippen LogP contribution in [0.25, 0.3) is 0 Å². The number of pyridine rings is 1. The van der Waals surface area contributed by atoms with E-state index >= 15 is 0 Å². The van der Waals surface area contributed by atoms with Crippen LogP contribution in [0, 0.1) is 17.0 Å². The highest BCUT2D eigenvalue weighted by Gasteiger charge is 2.19. The van der Waals surface area contributed by atoms with E-state index in [2.05, 4.69) is 10.3 Å². The van der Waals surface area contributed by atoms with Crippen LogP contribution in [0.1, 0.15) is 35.4 Å². The van der Waals surface area contributed by atoms with Crippen LogP contribution >= 0.6 is 0 Å². The molecule has 1 aliphatic rings. The number of ether oxygens (including phenoxy) is 1. The number of hydrogen-bond acceptors (Lipinski definition) is 4. The Morgan fingerprint density at radius 2 is 1.70 bits per heavy atom. The summed E-state index contributed by atoms with van der Waals surface area (Å²) >= 11 is 0. The first-order valence-electron chi connectivity index (χ1n) is 9.74. The van der Waals surface area contributed by atoms with Gasteiger partial charge in [0.05, 0.1) is 17.0 Å². The van der Waals surface area contributed by atoms with Crippen molar-refractivity contribution in [2.45, 2.75) is 18.8 Å². The maximum Gasteiger partial charge on any atom is 0.259 e. The molecule has 0 spiro atoms. The first-order chi connectivity index (χ1) is 14.5. The van der Waals surface area contributed by atoms with Crippen molar-refractivity contribution in [2.75, 3.05) is 18.5 Å². The fraction of sp³-hybridized carbons (Fsp3) is 0.217. The zero-order valence-electron chi connectivity index (χ0n) is 16.2. The molecular weight excluding hydrogens is 388 g/mol. The molecule has 2 heterocycles. The smallest absolute Gasteiger partial charge is 0.259 e. The third-order valence-electron chi connectivity index (χ3n) is 5.33. The second kappa shape index (κ2) is 8.59. The molecule has 0 aliphatic carbocycles. The van der Waals surface area contributed by atoms with Gasteiger partial charge in [0.2, 0.25) is 0 Å². The highest BCUT2D eigenvalue weighted by Crippen LogP contribution is 2.28. The fourth-order valence-electron chi connectivity index (χ4n) is 3.68. The molecule has 0 unspecified atom stereocenters. The van der Waals surface area contributed by atoms with Crippen molar-refractivity contribution in [3.05, 3.63) is 93.4 Å². The Kier molecular flexibility index (Phi) is 5.72. The van der Waals surface area contributed by atoms with Gasteiger partial charge in [0, 0.05) is 25.0 Å². The van der Waals surface area contributed by atoms with Crippen molar-refractivity contribution in [1.82, 2.24) is 4.98 Å². The number of rotatable bonds is 5. The molecule has 0 bridgehead atoms. The van der Waals surface area contributed by atoms with Crippen LogP contribution in [-0.4, -0.2) is 23.9 Å². The van der Waals surface area contributed by atoms with Crippen LogP contribution < -0.4 is 10.9 Å². The van der Waals surface area contributed by atoms with Gasteiger partial charge in [0.25, 0.3) is 5.56 Å². The Balaban J connectivity index is 1.65.